The number of rotatable bonds is 5. The van der Waals surface area contributed by atoms with E-state index in [1.54, 1.807) is 19.1 Å². The molecule has 0 aromatic heterocycles. The fourth-order valence-corrected chi connectivity index (χ4v) is 1.31. The normalized spacial score (nSPS) is 10.3. The maximum absolute atomic E-state index is 12.9. The van der Waals surface area contributed by atoms with Gasteiger partial charge in [-0.2, -0.15) is 0 Å². The second-order valence-corrected chi connectivity index (χ2v) is 3.48. The lowest BCUT2D eigenvalue weighted by Crippen LogP contribution is -2.29. The van der Waals surface area contributed by atoms with E-state index in [2.05, 4.69) is 5.32 Å². The number of nitrogens with one attached hydrogen (secondary N) is 1. The van der Waals surface area contributed by atoms with Gasteiger partial charge in [0, 0.05) is 0 Å². The zero-order chi connectivity index (χ0) is 11.3. The molecule has 15 heavy (non-hydrogen) atoms. The fraction of sp³-hybridized carbons (Fsp3) is 0.364. The van der Waals surface area contributed by atoms with Crippen molar-refractivity contribution in [1.82, 2.24) is 5.32 Å². The molecule has 0 spiro atoms. The van der Waals surface area contributed by atoms with Crippen molar-refractivity contribution in [2.24, 2.45) is 5.73 Å². The van der Waals surface area contributed by atoms with E-state index in [4.69, 9.17) is 5.73 Å². The Morgan fingerprint density at radius 3 is 2.87 bits per heavy atom. The first-order valence-corrected chi connectivity index (χ1v) is 4.83. The molecule has 1 amide bonds. The van der Waals surface area contributed by atoms with Crippen LogP contribution < -0.4 is 11.1 Å². The molecule has 0 radical (unpaired) electrons. The quantitative estimate of drug-likeness (QED) is 0.705. The molecule has 0 bridgehead atoms. The van der Waals surface area contributed by atoms with Crippen molar-refractivity contribution in [2.45, 2.75) is 13.3 Å². The van der Waals surface area contributed by atoms with E-state index in [0.717, 1.165) is 12.0 Å². The van der Waals surface area contributed by atoms with Gasteiger partial charge in [0.25, 0.3) is 0 Å². The molecule has 0 aliphatic heterocycles. The molecule has 4 heteroatoms. The molecular weight excluding hydrogens is 195 g/mol. The van der Waals surface area contributed by atoms with Crippen LogP contribution in [-0.2, 0) is 11.2 Å². The van der Waals surface area contributed by atoms with Crippen LogP contribution in [0.4, 0.5) is 4.39 Å². The lowest BCUT2D eigenvalue weighted by Gasteiger charge is -2.04. The van der Waals surface area contributed by atoms with Crippen molar-refractivity contribution in [3.05, 3.63) is 35.1 Å². The highest BCUT2D eigenvalue weighted by molar-refractivity contribution is 5.75. The lowest BCUT2D eigenvalue weighted by atomic mass is 10.1. The third kappa shape index (κ3) is 4.08. The van der Waals surface area contributed by atoms with Gasteiger partial charge in [-0.05, 0) is 37.1 Å². The third-order valence-corrected chi connectivity index (χ3v) is 2.11. The molecule has 0 fully saturated rings. The first-order chi connectivity index (χ1) is 7.09. The molecule has 0 heterocycles. The number of amides is 1. The van der Waals surface area contributed by atoms with E-state index in [1.807, 2.05) is 0 Å². The summed E-state index contributed by atoms with van der Waals surface area (Å²) >= 11 is 0. The predicted molar refractivity (Wildman–Crippen MR) is 56.9 cm³/mol. The Morgan fingerprint density at radius 1 is 1.53 bits per heavy atom. The summed E-state index contributed by atoms with van der Waals surface area (Å²) in [6.07, 6.45) is 0.758. The molecule has 0 atom stereocenters. The van der Waals surface area contributed by atoms with Gasteiger partial charge in [0.1, 0.15) is 5.82 Å². The molecule has 1 aromatic rings. The van der Waals surface area contributed by atoms with E-state index in [9.17, 15) is 9.18 Å². The van der Waals surface area contributed by atoms with Crippen molar-refractivity contribution in [1.29, 1.82) is 0 Å². The van der Waals surface area contributed by atoms with Gasteiger partial charge in [-0.3, -0.25) is 4.79 Å². The zero-order valence-corrected chi connectivity index (χ0v) is 8.72. The summed E-state index contributed by atoms with van der Waals surface area (Å²) in [5.41, 5.74) is 6.65. The number of aryl methyl sites for hydroxylation is 1. The number of hydrogen-bond acceptors (Lipinski definition) is 2. The van der Waals surface area contributed by atoms with Crippen LogP contribution in [0.1, 0.15) is 11.1 Å². The summed E-state index contributed by atoms with van der Waals surface area (Å²) in [5, 5.41) is 2.90. The lowest BCUT2D eigenvalue weighted by molar-refractivity contribution is -0.117. The Kier molecular flexibility index (Phi) is 4.24. The maximum Gasteiger partial charge on any atom is 0.231 e. The Balaban J connectivity index is 2.38. The average molecular weight is 210 g/mol. The Morgan fingerprint density at radius 2 is 2.27 bits per heavy atom. The van der Waals surface area contributed by atoms with Crippen LogP contribution in [-0.4, -0.2) is 19.0 Å². The van der Waals surface area contributed by atoms with E-state index in [0.29, 0.717) is 12.1 Å². The molecule has 0 aliphatic rings. The summed E-state index contributed by atoms with van der Waals surface area (Å²) in [5.74, 6) is -0.561. The minimum absolute atomic E-state index is 0.181. The Bertz CT molecular complexity index is 352. The molecule has 0 saturated carbocycles. The molecule has 0 saturated heterocycles. The number of benzene rings is 1. The highest BCUT2D eigenvalue weighted by Crippen LogP contribution is 2.09. The molecule has 3 nitrogen and oxygen atoms in total. The van der Waals surface area contributed by atoms with Gasteiger partial charge >= 0.3 is 0 Å². The minimum Gasteiger partial charge on any atom is -0.369 e. The van der Waals surface area contributed by atoms with Crippen molar-refractivity contribution in [3.8, 4) is 0 Å². The van der Waals surface area contributed by atoms with Gasteiger partial charge in [-0.25, -0.2) is 4.39 Å². The second-order valence-electron chi connectivity index (χ2n) is 3.48. The monoisotopic (exact) mass is 210 g/mol. The molecule has 82 valence electrons. The highest BCUT2D eigenvalue weighted by atomic mass is 19.1. The third-order valence-electron chi connectivity index (χ3n) is 2.11. The molecule has 3 N–H and O–H groups in total. The molecule has 0 unspecified atom stereocenters. The van der Waals surface area contributed by atoms with Crippen LogP contribution in [0.15, 0.2) is 18.2 Å². The van der Waals surface area contributed by atoms with Gasteiger partial charge in [-0.1, -0.05) is 12.1 Å². The Hall–Kier alpha value is -1.42. The largest absolute Gasteiger partial charge is 0.369 e. The summed E-state index contributed by atoms with van der Waals surface area (Å²) in [4.78, 5) is 10.4. The van der Waals surface area contributed by atoms with Crippen LogP contribution in [0.3, 0.4) is 0 Å². The number of nitrogens with two attached hydrogens (primary N) is 1. The minimum atomic E-state index is -0.370. The first kappa shape index (κ1) is 11.7. The van der Waals surface area contributed by atoms with Crippen LogP contribution in [0.2, 0.25) is 0 Å². The highest BCUT2D eigenvalue weighted by Gasteiger charge is 1.99. The summed E-state index contributed by atoms with van der Waals surface area (Å²) in [6.45, 7) is 2.57. The number of primary amides is 1. The van der Waals surface area contributed by atoms with Gasteiger partial charge in [0.05, 0.1) is 6.54 Å². The smallest absolute Gasteiger partial charge is 0.231 e. The SMILES string of the molecule is Cc1cc(CCNCC(N)=O)ccc1F. The van der Waals surface area contributed by atoms with Gasteiger partial charge in [0.15, 0.2) is 0 Å². The number of hydrogen-bond donors (Lipinski definition) is 2. The van der Waals surface area contributed by atoms with E-state index < -0.39 is 0 Å². The van der Waals surface area contributed by atoms with Crippen LogP contribution >= 0.6 is 0 Å². The van der Waals surface area contributed by atoms with Gasteiger partial charge in [0.2, 0.25) is 5.91 Å². The molecule has 1 rings (SSSR count). The van der Waals surface area contributed by atoms with Crippen LogP contribution in [0.5, 0.6) is 0 Å². The summed E-state index contributed by atoms with van der Waals surface area (Å²) in [7, 11) is 0. The number of carbonyl (C=O) groups excluding carboxylic acids is 1. The molecule has 1 aromatic carbocycles. The number of carbonyl (C=O) groups is 1. The van der Waals surface area contributed by atoms with Crippen molar-refractivity contribution < 1.29 is 9.18 Å². The van der Waals surface area contributed by atoms with E-state index >= 15 is 0 Å². The maximum atomic E-state index is 12.9. The zero-order valence-electron chi connectivity index (χ0n) is 8.72. The van der Waals surface area contributed by atoms with Crippen LogP contribution in [0.25, 0.3) is 0 Å². The van der Waals surface area contributed by atoms with Crippen molar-refractivity contribution in [2.75, 3.05) is 13.1 Å². The standard InChI is InChI=1S/C11H15FN2O/c1-8-6-9(2-3-10(8)12)4-5-14-7-11(13)15/h2-3,6,14H,4-5,7H2,1H3,(H2,13,15). The van der Waals surface area contributed by atoms with Crippen LogP contribution in [0, 0.1) is 12.7 Å². The summed E-state index contributed by atoms with van der Waals surface area (Å²) in [6, 6.07) is 5.01. The van der Waals surface area contributed by atoms with Crippen molar-refractivity contribution >= 4 is 5.91 Å². The first-order valence-electron chi connectivity index (χ1n) is 4.83. The topological polar surface area (TPSA) is 55.1 Å². The van der Waals surface area contributed by atoms with E-state index in [-0.39, 0.29) is 18.3 Å². The predicted octanol–water partition coefficient (Wildman–Crippen LogP) is 0.752. The Labute approximate surface area is 88.5 Å². The fourth-order valence-electron chi connectivity index (χ4n) is 1.31. The molecule has 0 aliphatic carbocycles. The van der Waals surface area contributed by atoms with Crippen molar-refractivity contribution in [3.63, 3.8) is 0 Å². The van der Waals surface area contributed by atoms with Gasteiger partial charge < -0.3 is 11.1 Å². The summed E-state index contributed by atoms with van der Waals surface area (Å²) < 4.78 is 12.9. The average Bonchev–Trinajstić information content (AvgIpc) is 2.18. The molecular formula is C11H15FN2O. The van der Waals surface area contributed by atoms with E-state index in [1.165, 1.54) is 6.07 Å². The number of halogens is 1. The second kappa shape index (κ2) is 5.46. The van der Waals surface area contributed by atoms with Gasteiger partial charge in [-0.15, -0.1) is 0 Å².